The SMILES string of the molecule is COc1ccccc1C(N)CSCc1ccccc1. The highest BCUT2D eigenvalue weighted by atomic mass is 32.2. The van der Waals surface area contributed by atoms with Gasteiger partial charge in [-0.2, -0.15) is 11.8 Å². The molecule has 19 heavy (non-hydrogen) atoms. The molecule has 3 heteroatoms. The zero-order chi connectivity index (χ0) is 13.5. The van der Waals surface area contributed by atoms with Crippen LogP contribution < -0.4 is 10.5 Å². The first kappa shape index (κ1) is 14.0. The summed E-state index contributed by atoms with van der Waals surface area (Å²) >= 11 is 1.85. The third-order valence-corrected chi connectivity index (χ3v) is 4.08. The molecule has 100 valence electrons. The van der Waals surface area contributed by atoms with Gasteiger partial charge in [0.25, 0.3) is 0 Å². The van der Waals surface area contributed by atoms with Crippen molar-refractivity contribution in [2.45, 2.75) is 11.8 Å². The molecule has 0 radical (unpaired) electrons. The molecule has 0 aliphatic heterocycles. The van der Waals surface area contributed by atoms with Crippen LogP contribution in [0.25, 0.3) is 0 Å². The van der Waals surface area contributed by atoms with Gasteiger partial charge in [0, 0.05) is 23.1 Å². The number of rotatable bonds is 6. The lowest BCUT2D eigenvalue weighted by Gasteiger charge is -2.15. The van der Waals surface area contributed by atoms with Gasteiger partial charge in [0.2, 0.25) is 0 Å². The maximum absolute atomic E-state index is 6.23. The Morgan fingerprint density at radius 2 is 1.74 bits per heavy atom. The van der Waals surface area contributed by atoms with Crippen molar-refractivity contribution in [2.24, 2.45) is 5.73 Å². The van der Waals surface area contributed by atoms with E-state index in [9.17, 15) is 0 Å². The zero-order valence-electron chi connectivity index (χ0n) is 11.1. The molecule has 0 fully saturated rings. The summed E-state index contributed by atoms with van der Waals surface area (Å²) in [6.07, 6.45) is 0. The average Bonchev–Trinajstić information content (AvgIpc) is 2.48. The molecule has 1 unspecified atom stereocenters. The first-order chi connectivity index (χ1) is 9.31. The normalized spacial score (nSPS) is 12.1. The maximum Gasteiger partial charge on any atom is 0.123 e. The second kappa shape index (κ2) is 7.22. The van der Waals surface area contributed by atoms with E-state index in [1.807, 2.05) is 42.1 Å². The van der Waals surface area contributed by atoms with E-state index in [0.717, 1.165) is 22.8 Å². The minimum atomic E-state index is 0.00450. The predicted octanol–water partition coefficient (Wildman–Crippen LogP) is 3.63. The van der Waals surface area contributed by atoms with Crippen molar-refractivity contribution in [3.63, 3.8) is 0 Å². The molecule has 0 bridgehead atoms. The molecule has 1 atom stereocenters. The van der Waals surface area contributed by atoms with Crippen molar-refractivity contribution in [3.05, 3.63) is 65.7 Å². The van der Waals surface area contributed by atoms with Crippen LogP contribution >= 0.6 is 11.8 Å². The quantitative estimate of drug-likeness (QED) is 0.873. The molecule has 0 spiro atoms. The van der Waals surface area contributed by atoms with Crippen LogP contribution in [0.2, 0.25) is 0 Å². The Labute approximate surface area is 119 Å². The number of hydrogen-bond acceptors (Lipinski definition) is 3. The Hall–Kier alpha value is -1.45. The molecule has 0 aromatic heterocycles. The minimum Gasteiger partial charge on any atom is -0.496 e. The summed E-state index contributed by atoms with van der Waals surface area (Å²) in [5, 5.41) is 0. The van der Waals surface area contributed by atoms with Crippen LogP contribution in [0.5, 0.6) is 5.75 Å². The second-order valence-corrected chi connectivity index (χ2v) is 5.38. The summed E-state index contributed by atoms with van der Waals surface area (Å²) < 4.78 is 5.34. The number of benzene rings is 2. The first-order valence-corrected chi connectivity index (χ1v) is 7.47. The Kier molecular flexibility index (Phi) is 5.31. The van der Waals surface area contributed by atoms with Gasteiger partial charge in [-0.05, 0) is 11.6 Å². The van der Waals surface area contributed by atoms with E-state index in [1.54, 1.807) is 7.11 Å². The molecule has 0 aliphatic carbocycles. The summed E-state index contributed by atoms with van der Waals surface area (Å²) in [5.41, 5.74) is 8.64. The molecule has 0 aliphatic rings. The highest BCUT2D eigenvalue weighted by Gasteiger charge is 2.11. The highest BCUT2D eigenvalue weighted by molar-refractivity contribution is 7.98. The molecule has 0 saturated heterocycles. The molecular formula is C16H19NOS. The summed E-state index contributed by atoms with van der Waals surface area (Å²) in [4.78, 5) is 0. The number of hydrogen-bond donors (Lipinski definition) is 1. The van der Waals surface area contributed by atoms with Crippen LogP contribution in [0, 0.1) is 0 Å². The molecule has 2 aromatic rings. The number of ether oxygens (including phenoxy) is 1. The Balaban J connectivity index is 1.89. The fourth-order valence-electron chi connectivity index (χ4n) is 1.94. The van der Waals surface area contributed by atoms with E-state index >= 15 is 0 Å². The zero-order valence-corrected chi connectivity index (χ0v) is 11.9. The van der Waals surface area contributed by atoms with Crippen molar-refractivity contribution < 1.29 is 4.74 Å². The van der Waals surface area contributed by atoms with Gasteiger partial charge in [-0.15, -0.1) is 0 Å². The van der Waals surface area contributed by atoms with Crippen LogP contribution in [0.15, 0.2) is 54.6 Å². The Morgan fingerprint density at radius 1 is 1.05 bits per heavy atom. The van der Waals surface area contributed by atoms with Gasteiger partial charge in [0.1, 0.15) is 5.75 Å². The minimum absolute atomic E-state index is 0.00450. The lowest BCUT2D eigenvalue weighted by atomic mass is 10.1. The van der Waals surface area contributed by atoms with Crippen molar-refractivity contribution >= 4 is 11.8 Å². The van der Waals surface area contributed by atoms with Crippen LogP contribution in [0.4, 0.5) is 0 Å². The van der Waals surface area contributed by atoms with Gasteiger partial charge in [0.15, 0.2) is 0 Å². The van der Waals surface area contributed by atoms with Crippen molar-refractivity contribution in [3.8, 4) is 5.75 Å². The van der Waals surface area contributed by atoms with E-state index in [1.165, 1.54) is 5.56 Å². The van der Waals surface area contributed by atoms with Crippen LogP contribution in [0.1, 0.15) is 17.2 Å². The Morgan fingerprint density at radius 3 is 2.47 bits per heavy atom. The smallest absolute Gasteiger partial charge is 0.123 e. The third kappa shape index (κ3) is 4.01. The molecule has 2 aromatic carbocycles. The van der Waals surface area contributed by atoms with E-state index in [2.05, 4.69) is 24.3 Å². The highest BCUT2D eigenvalue weighted by Crippen LogP contribution is 2.26. The van der Waals surface area contributed by atoms with Crippen molar-refractivity contribution in [2.75, 3.05) is 12.9 Å². The van der Waals surface area contributed by atoms with Gasteiger partial charge in [-0.3, -0.25) is 0 Å². The fourth-order valence-corrected chi connectivity index (χ4v) is 2.92. The van der Waals surface area contributed by atoms with Crippen LogP contribution in [-0.4, -0.2) is 12.9 Å². The molecule has 2 nitrogen and oxygen atoms in total. The van der Waals surface area contributed by atoms with Crippen LogP contribution in [-0.2, 0) is 5.75 Å². The molecule has 2 rings (SSSR count). The Bertz CT molecular complexity index is 501. The second-order valence-electron chi connectivity index (χ2n) is 4.35. The monoisotopic (exact) mass is 273 g/mol. The molecule has 0 amide bonds. The van der Waals surface area contributed by atoms with Crippen molar-refractivity contribution in [1.82, 2.24) is 0 Å². The molecule has 2 N–H and O–H groups in total. The number of thioether (sulfide) groups is 1. The average molecular weight is 273 g/mol. The molecule has 0 heterocycles. The topological polar surface area (TPSA) is 35.2 Å². The van der Waals surface area contributed by atoms with Crippen LogP contribution in [0.3, 0.4) is 0 Å². The van der Waals surface area contributed by atoms with Crippen molar-refractivity contribution in [1.29, 1.82) is 0 Å². The van der Waals surface area contributed by atoms with E-state index in [4.69, 9.17) is 10.5 Å². The largest absolute Gasteiger partial charge is 0.496 e. The van der Waals surface area contributed by atoms with Gasteiger partial charge in [-0.1, -0.05) is 48.5 Å². The first-order valence-electron chi connectivity index (χ1n) is 6.31. The maximum atomic E-state index is 6.23. The van der Waals surface area contributed by atoms with Gasteiger partial charge >= 0.3 is 0 Å². The summed E-state index contributed by atoms with van der Waals surface area (Å²) in [5.74, 6) is 2.74. The summed E-state index contributed by atoms with van der Waals surface area (Å²) in [6.45, 7) is 0. The van der Waals surface area contributed by atoms with Gasteiger partial charge in [0.05, 0.1) is 7.11 Å². The number of nitrogens with two attached hydrogens (primary N) is 1. The lowest BCUT2D eigenvalue weighted by molar-refractivity contribution is 0.407. The summed E-state index contributed by atoms with van der Waals surface area (Å²) in [7, 11) is 1.68. The molecular weight excluding hydrogens is 254 g/mol. The van der Waals surface area contributed by atoms with E-state index < -0.39 is 0 Å². The van der Waals surface area contributed by atoms with E-state index in [0.29, 0.717) is 0 Å². The number of para-hydroxylation sites is 1. The standard InChI is InChI=1S/C16H19NOS/c1-18-16-10-6-5-9-14(16)15(17)12-19-11-13-7-3-2-4-8-13/h2-10,15H,11-12,17H2,1H3. The van der Waals surface area contributed by atoms with Gasteiger partial charge < -0.3 is 10.5 Å². The predicted molar refractivity (Wildman–Crippen MR) is 82.5 cm³/mol. The van der Waals surface area contributed by atoms with Gasteiger partial charge in [-0.25, -0.2) is 0 Å². The van der Waals surface area contributed by atoms with E-state index in [-0.39, 0.29) is 6.04 Å². The molecule has 0 saturated carbocycles. The third-order valence-electron chi connectivity index (χ3n) is 2.95. The lowest BCUT2D eigenvalue weighted by Crippen LogP contribution is -2.14. The number of methoxy groups -OCH3 is 1. The summed E-state index contributed by atoms with van der Waals surface area (Å²) in [6, 6.07) is 18.4. The fraction of sp³-hybridized carbons (Fsp3) is 0.250.